The van der Waals surface area contributed by atoms with E-state index in [1.165, 1.54) is 12.1 Å². The molecule has 1 radical (unpaired) electrons. The molecule has 53 heavy (non-hydrogen) atoms. The second kappa shape index (κ2) is 22.2. The second-order valence-corrected chi connectivity index (χ2v) is 13.2. The van der Waals surface area contributed by atoms with Crippen LogP contribution in [0.3, 0.4) is 0 Å². The third-order valence-corrected chi connectivity index (χ3v) is 8.29. The molecule has 0 fully saturated rings. The third kappa shape index (κ3) is 14.9. The summed E-state index contributed by atoms with van der Waals surface area (Å²) in [5.41, 5.74) is 2.53. The van der Waals surface area contributed by atoms with E-state index in [1.807, 2.05) is 0 Å². The van der Waals surface area contributed by atoms with Gasteiger partial charge in [0.2, 0.25) is 23.0 Å². The Morgan fingerprint density at radius 2 is 1.43 bits per heavy atom. The molecule has 30 heteroatoms. The molecule has 0 aliphatic heterocycles. The van der Waals surface area contributed by atoms with Crippen LogP contribution in [0.1, 0.15) is 5.56 Å². The molecule has 1 aromatic heterocycles. The molecular formula is C23H12ClCuN9Na4O12S3. The van der Waals surface area contributed by atoms with Gasteiger partial charge in [-0.2, -0.15) is 20.9 Å². The zero-order chi connectivity index (χ0) is 35.6. The summed E-state index contributed by atoms with van der Waals surface area (Å²) in [4.78, 5) is 7.06. The summed E-state index contributed by atoms with van der Waals surface area (Å²) < 4.78 is 105. The van der Waals surface area contributed by atoms with E-state index in [0.717, 1.165) is 30.4 Å². The van der Waals surface area contributed by atoms with E-state index in [2.05, 4.69) is 40.7 Å². The Kier molecular flexibility index (Phi) is 22.7. The molecule has 4 rings (SSSR count). The van der Waals surface area contributed by atoms with Gasteiger partial charge in [0, 0.05) is 16.2 Å². The zero-order valence-electron chi connectivity index (χ0n) is 27.2. The molecule has 1 aliphatic carbocycles. The van der Waals surface area contributed by atoms with Crippen LogP contribution in [0.15, 0.2) is 107 Å². The van der Waals surface area contributed by atoms with Gasteiger partial charge in [0.05, 0.1) is 21.2 Å². The van der Waals surface area contributed by atoms with E-state index in [1.54, 1.807) is 0 Å². The van der Waals surface area contributed by atoms with Gasteiger partial charge in [0.15, 0.2) is 0 Å². The first kappa shape index (κ1) is 54.2. The van der Waals surface area contributed by atoms with E-state index in [0.29, 0.717) is 0 Å². The van der Waals surface area contributed by atoms with E-state index < -0.39 is 85.1 Å². The molecule has 1 heterocycles. The van der Waals surface area contributed by atoms with Gasteiger partial charge < -0.3 is 40.0 Å². The Labute approximate surface area is 404 Å². The number of nitrogens with one attached hydrogen (secondary N) is 1. The molecular weight excluding hydrogens is 881 g/mol. The summed E-state index contributed by atoms with van der Waals surface area (Å²) in [5, 5.41) is 53.0. The van der Waals surface area contributed by atoms with Crippen molar-refractivity contribution < 1.29 is 190 Å². The van der Waals surface area contributed by atoms with Crippen molar-refractivity contribution >= 4 is 71.1 Å². The summed E-state index contributed by atoms with van der Waals surface area (Å²) in [7, 11) is -16.4. The van der Waals surface area contributed by atoms with Crippen molar-refractivity contribution in [1.82, 2.24) is 15.0 Å². The smallest absolute Gasteiger partial charge is 0.883 e. The van der Waals surface area contributed by atoms with Crippen LogP contribution in [0.5, 0.6) is 5.75 Å². The molecule has 0 unspecified atom stereocenters. The number of rotatable bonds is 8. The van der Waals surface area contributed by atoms with Gasteiger partial charge in [-0.25, -0.2) is 25.3 Å². The summed E-state index contributed by atoms with van der Waals surface area (Å²) in [6.07, 6.45) is 3.26. The van der Waals surface area contributed by atoms with Crippen LogP contribution in [0, 0.1) is 0 Å². The average Bonchev–Trinajstić information content (AvgIpc) is 2.96. The largest absolute Gasteiger partial charge is 2.00 e. The molecule has 261 valence electrons. The molecule has 0 bridgehead atoms. The van der Waals surface area contributed by atoms with E-state index in [4.69, 9.17) is 17.3 Å². The first-order chi connectivity index (χ1) is 22.2. The van der Waals surface area contributed by atoms with E-state index in [9.17, 15) is 54.2 Å². The van der Waals surface area contributed by atoms with Crippen molar-refractivity contribution in [2.45, 2.75) is 14.7 Å². The first-order valence-corrected chi connectivity index (χ1v) is 16.7. The number of nitrogen functional groups attached to an aromatic ring is 1. The fourth-order valence-corrected chi connectivity index (χ4v) is 5.62. The van der Waals surface area contributed by atoms with Gasteiger partial charge in [-0.15, -0.1) is 20.4 Å². The Bertz CT molecular complexity index is 2360. The predicted molar refractivity (Wildman–Crippen MR) is 152 cm³/mol. The molecule has 3 N–H and O–H groups in total. The normalized spacial score (nSPS) is 13.7. The number of azo groups is 1. The Hall–Kier alpha value is -0.851. The van der Waals surface area contributed by atoms with E-state index in [-0.39, 0.29) is 170 Å². The van der Waals surface area contributed by atoms with Gasteiger partial charge in [-0.05, 0) is 59.7 Å². The van der Waals surface area contributed by atoms with Crippen LogP contribution in [-0.2, 0) is 47.4 Å². The number of allylic oxidation sites excluding steroid dienone is 4. The van der Waals surface area contributed by atoms with Crippen LogP contribution in [0.4, 0.5) is 17.6 Å². The molecule has 2 aromatic carbocycles. The number of amidine groups is 1. The molecule has 0 atom stereocenters. The maximum Gasteiger partial charge on any atom is 2.00 e. The van der Waals surface area contributed by atoms with Gasteiger partial charge in [-0.1, -0.05) is 17.9 Å². The average molecular weight is 894 g/mol. The summed E-state index contributed by atoms with van der Waals surface area (Å²) >= 11 is 5.72. The van der Waals surface area contributed by atoms with Crippen LogP contribution in [0.2, 0.25) is 5.28 Å². The predicted octanol–water partition coefficient (Wildman–Crippen LogP) is -13.7. The summed E-state index contributed by atoms with van der Waals surface area (Å²) in [6, 6.07) is 4.36. The number of hydrogen-bond acceptors (Lipinski definition) is 20. The van der Waals surface area contributed by atoms with Crippen molar-refractivity contribution in [3.63, 3.8) is 0 Å². The van der Waals surface area contributed by atoms with Crippen LogP contribution >= 0.6 is 11.6 Å². The molecule has 1 aliphatic rings. The number of nitrogens with zero attached hydrogens (tertiary/aromatic N) is 7. The van der Waals surface area contributed by atoms with Gasteiger partial charge >= 0.3 is 135 Å². The minimum Gasteiger partial charge on any atom is -0.883 e. The first-order valence-electron chi connectivity index (χ1n) is 12.1. The Morgan fingerprint density at radius 1 is 0.830 bits per heavy atom. The summed E-state index contributed by atoms with van der Waals surface area (Å²) in [5.74, 6) is -4.93. The number of nitrogens with two attached hydrogens (primary N) is 1. The van der Waals surface area contributed by atoms with Crippen molar-refractivity contribution in [3.8, 4) is 5.75 Å². The van der Waals surface area contributed by atoms with Crippen molar-refractivity contribution in [2.75, 3.05) is 11.1 Å². The van der Waals surface area contributed by atoms with Gasteiger partial charge in [-0.3, -0.25) is 0 Å². The molecule has 0 saturated carbocycles. The van der Waals surface area contributed by atoms with Crippen LogP contribution < -0.4 is 145 Å². The quantitative estimate of drug-likeness (QED) is 0.0403. The number of anilines is 2. The number of aromatic nitrogens is 3. The minimum atomic E-state index is -5.67. The molecule has 0 amide bonds. The topological polar surface area (TPSA) is 367 Å². The summed E-state index contributed by atoms with van der Waals surface area (Å²) in [6.45, 7) is 0. The number of hydrogen-bond donors (Lipinski definition) is 2. The van der Waals surface area contributed by atoms with Crippen molar-refractivity contribution in [3.05, 3.63) is 82.7 Å². The minimum absolute atomic E-state index is 0. The van der Waals surface area contributed by atoms with E-state index >= 15 is 0 Å². The SMILES string of the molecule is Nc1nc(Cl)nc(NC2=CC(=C([O-])[O-])C(=NN=C(N=Nc3cc(S(=O)(=O)[O-])cc(S(=O)(=O)[O-])c3[O-])c3ccccc3S(=O)(=O)[O-])C=C2)n1.[Cu+2].[Na+].[Na+].[Na+].[Na+]. The number of halogens is 1. The molecule has 3 aromatic rings. The maximum absolute atomic E-state index is 12.6. The maximum atomic E-state index is 12.6. The van der Waals surface area contributed by atoms with Crippen molar-refractivity contribution in [1.29, 1.82) is 0 Å². The Balaban J connectivity index is 0. The van der Waals surface area contributed by atoms with Gasteiger partial charge in [0.25, 0.3) is 0 Å². The zero-order valence-corrected chi connectivity index (χ0v) is 39.4. The number of benzene rings is 2. The Morgan fingerprint density at radius 3 is 1.98 bits per heavy atom. The molecule has 0 spiro atoms. The monoisotopic (exact) mass is 892 g/mol. The second-order valence-electron chi connectivity index (χ2n) is 8.78. The molecule has 0 saturated heterocycles. The standard InChI is InChI=1S/C23H18ClN9O12S3.Cu.4Na/c24-21-27-22(25)29-23(28-21)26-10-5-6-14(13(7-10)20(35)36)30-32-19(12-3-1-2-4-16(12)47(40,41)42)33-31-15-8-11(46(37,38)39)9-17(18(15)34)48(43,44)45;;;;;/h1-9,34-36H,(H,37,38,39)(H,40,41,42)(H,43,44,45)(H3,25,26,27,28,29);;;;;/q;+2;4*+1/p-6. The van der Waals surface area contributed by atoms with Crippen molar-refractivity contribution in [2.24, 2.45) is 20.4 Å². The van der Waals surface area contributed by atoms with Crippen LogP contribution in [0.25, 0.3) is 0 Å². The van der Waals surface area contributed by atoms with Gasteiger partial charge in [0.1, 0.15) is 30.4 Å². The van der Waals surface area contributed by atoms with Crippen LogP contribution in [-0.4, -0.2) is 65.4 Å². The third-order valence-electron chi connectivity index (χ3n) is 5.57. The fourth-order valence-electron chi connectivity index (χ4n) is 3.58. The molecule has 21 nitrogen and oxygen atoms in total. The fraction of sp³-hybridized carbons (Fsp3) is 0.